The number of rotatable bonds is 7. The lowest BCUT2D eigenvalue weighted by atomic mass is 10.1. The highest BCUT2D eigenvalue weighted by molar-refractivity contribution is 7.15. The number of hydrogen-bond donors (Lipinski definition) is 2. The Kier molecular flexibility index (Phi) is 6.09. The van der Waals surface area contributed by atoms with Gasteiger partial charge in [-0.15, -0.1) is 11.3 Å². The third kappa shape index (κ3) is 4.74. The molecule has 5 nitrogen and oxygen atoms in total. The van der Waals surface area contributed by atoms with Crippen LogP contribution in [0.1, 0.15) is 22.2 Å². The van der Waals surface area contributed by atoms with Crippen molar-refractivity contribution in [3.8, 4) is 5.75 Å². The average Bonchev–Trinajstić information content (AvgIpc) is 3.06. The molecule has 0 radical (unpaired) electrons. The van der Waals surface area contributed by atoms with Crippen LogP contribution >= 0.6 is 22.9 Å². The molecule has 0 bridgehead atoms. The maximum atomic E-state index is 12.7. The standard InChI is InChI=1S/C19H18ClN3O2S/c1-2-25-14-7-5-6-13(10-14)23-18(24)16-8-3-4-9-17(16)21-11-15-12-22-19(20)26-15/h3-10,12,21H,2,11H2,1H3,(H,23,24). The predicted octanol–water partition coefficient (Wildman–Crippen LogP) is 5.06. The van der Waals surface area contributed by atoms with E-state index in [-0.39, 0.29) is 5.91 Å². The van der Waals surface area contributed by atoms with E-state index in [0.717, 1.165) is 16.3 Å². The van der Waals surface area contributed by atoms with E-state index in [1.54, 1.807) is 18.3 Å². The molecule has 1 aromatic heterocycles. The normalized spacial score (nSPS) is 10.4. The molecule has 134 valence electrons. The molecule has 0 unspecified atom stereocenters. The van der Waals surface area contributed by atoms with Gasteiger partial charge in [-0.25, -0.2) is 4.98 Å². The fourth-order valence-corrected chi connectivity index (χ4v) is 3.33. The minimum atomic E-state index is -0.191. The number of nitrogens with one attached hydrogen (secondary N) is 2. The fraction of sp³-hybridized carbons (Fsp3) is 0.158. The zero-order chi connectivity index (χ0) is 18.4. The summed E-state index contributed by atoms with van der Waals surface area (Å²) < 4.78 is 5.97. The molecule has 1 heterocycles. The van der Waals surface area contributed by atoms with Crippen LogP contribution in [0.2, 0.25) is 4.47 Å². The Balaban J connectivity index is 1.72. The molecular formula is C19H18ClN3O2S. The van der Waals surface area contributed by atoms with Crippen LogP contribution in [0.4, 0.5) is 11.4 Å². The number of nitrogens with zero attached hydrogens (tertiary/aromatic N) is 1. The Morgan fingerprint density at radius 3 is 2.85 bits per heavy atom. The van der Waals surface area contributed by atoms with Crippen LogP contribution in [0.3, 0.4) is 0 Å². The maximum absolute atomic E-state index is 12.7. The van der Waals surface area contributed by atoms with Crippen molar-refractivity contribution >= 4 is 40.2 Å². The second-order valence-corrected chi connectivity index (χ2v) is 7.09. The van der Waals surface area contributed by atoms with Crippen LogP contribution in [0, 0.1) is 0 Å². The Morgan fingerprint density at radius 1 is 1.23 bits per heavy atom. The lowest BCUT2D eigenvalue weighted by Crippen LogP contribution is -2.14. The molecule has 0 spiro atoms. The van der Waals surface area contributed by atoms with E-state index in [0.29, 0.717) is 28.9 Å². The number of anilines is 2. The highest BCUT2D eigenvalue weighted by Gasteiger charge is 2.12. The monoisotopic (exact) mass is 387 g/mol. The molecule has 26 heavy (non-hydrogen) atoms. The molecule has 0 aliphatic carbocycles. The predicted molar refractivity (Wildman–Crippen MR) is 106 cm³/mol. The molecule has 0 aliphatic rings. The molecule has 3 aromatic rings. The molecule has 0 aliphatic heterocycles. The number of hydrogen-bond acceptors (Lipinski definition) is 5. The number of carbonyl (C=O) groups excluding carboxylic acids is 1. The zero-order valence-electron chi connectivity index (χ0n) is 14.2. The fourth-order valence-electron chi connectivity index (χ4n) is 2.41. The highest BCUT2D eigenvalue weighted by atomic mass is 35.5. The number of aromatic nitrogens is 1. The van der Waals surface area contributed by atoms with Gasteiger partial charge in [0.15, 0.2) is 4.47 Å². The molecule has 1 amide bonds. The number of para-hydroxylation sites is 1. The maximum Gasteiger partial charge on any atom is 0.257 e. The Hall–Kier alpha value is -2.57. The molecule has 0 atom stereocenters. The Labute approximate surface area is 161 Å². The van der Waals surface area contributed by atoms with Crippen molar-refractivity contribution in [1.29, 1.82) is 0 Å². The lowest BCUT2D eigenvalue weighted by molar-refractivity contribution is 0.102. The molecule has 2 N–H and O–H groups in total. The summed E-state index contributed by atoms with van der Waals surface area (Å²) in [6.45, 7) is 3.05. The van der Waals surface area contributed by atoms with Gasteiger partial charge in [0.25, 0.3) is 5.91 Å². The van der Waals surface area contributed by atoms with E-state index in [2.05, 4.69) is 15.6 Å². The van der Waals surface area contributed by atoms with Crippen LogP contribution in [0.25, 0.3) is 0 Å². The van der Waals surface area contributed by atoms with E-state index < -0.39 is 0 Å². The van der Waals surface area contributed by atoms with Gasteiger partial charge >= 0.3 is 0 Å². The van der Waals surface area contributed by atoms with Crippen LogP contribution in [-0.4, -0.2) is 17.5 Å². The summed E-state index contributed by atoms with van der Waals surface area (Å²) in [5.74, 6) is 0.530. The second-order valence-electron chi connectivity index (χ2n) is 5.39. The molecule has 0 fully saturated rings. The summed E-state index contributed by atoms with van der Waals surface area (Å²) in [6, 6.07) is 14.7. The third-order valence-electron chi connectivity index (χ3n) is 3.55. The van der Waals surface area contributed by atoms with Gasteiger partial charge in [-0.05, 0) is 31.2 Å². The van der Waals surface area contributed by atoms with E-state index in [9.17, 15) is 4.79 Å². The van der Waals surface area contributed by atoms with E-state index >= 15 is 0 Å². The average molecular weight is 388 g/mol. The lowest BCUT2D eigenvalue weighted by Gasteiger charge is -2.12. The SMILES string of the molecule is CCOc1cccc(NC(=O)c2ccccc2NCc2cnc(Cl)s2)c1. The van der Waals surface area contributed by atoms with Gasteiger partial charge in [0.2, 0.25) is 0 Å². The summed E-state index contributed by atoms with van der Waals surface area (Å²) in [6.07, 6.45) is 1.72. The van der Waals surface area contributed by atoms with Crippen molar-refractivity contribution in [2.45, 2.75) is 13.5 Å². The Morgan fingerprint density at radius 2 is 2.08 bits per heavy atom. The first kappa shape index (κ1) is 18.2. The molecule has 3 rings (SSSR count). The van der Waals surface area contributed by atoms with Gasteiger partial charge in [0.05, 0.1) is 18.7 Å². The van der Waals surface area contributed by atoms with Crippen molar-refractivity contribution in [3.63, 3.8) is 0 Å². The number of thiazole rings is 1. The van der Waals surface area contributed by atoms with Crippen LogP contribution in [0.5, 0.6) is 5.75 Å². The molecular weight excluding hydrogens is 370 g/mol. The van der Waals surface area contributed by atoms with Crippen molar-refractivity contribution in [1.82, 2.24) is 4.98 Å². The quantitative estimate of drug-likeness (QED) is 0.594. The molecule has 0 saturated carbocycles. The summed E-state index contributed by atoms with van der Waals surface area (Å²) >= 11 is 7.26. The Bertz CT molecular complexity index is 898. The highest BCUT2D eigenvalue weighted by Crippen LogP contribution is 2.23. The third-order valence-corrected chi connectivity index (χ3v) is 4.67. The van der Waals surface area contributed by atoms with E-state index in [4.69, 9.17) is 16.3 Å². The molecule has 2 aromatic carbocycles. The number of benzene rings is 2. The van der Waals surface area contributed by atoms with Crippen molar-refractivity contribution in [2.75, 3.05) is 17.2 Å². The summed E-state index contributed by atoms with van der Waals surface area (Å²) in [5.41, 5.74) is 1.99. The number of halogens is 1. The summed E-state index contributed by atoms with van der Waals surface area (Å²) in [7, 11) is 0. The summed E-state index contributed by atoms with van der Waals surface area (Å²) in [4.78, 5) is 17.7. The topological polar surface area (TPSA) is 63.2 Å². The van der Waals surface area contributed by atoms with E-state index in [1.807, 2.05) is 43.3 Å². The van der Waals surface area contributed by atoms with Gasteiger partial charge in [-0.2, -0.15) is 0 Å². The van der Waals surface area contributed by atoms with Gasteiger partial charge in [0.1, 0.15) is 5.75 Å². The van der Waals surface area contributed by atoms with Crippen molar-refractivity contribution in [3.05, 3.63) is 69.6 Å². The van der Waals surface area contributed by atoms with E-state index in [1.165, 1.54) is 11.3 Å². The first-order valence-corrected chi connectivity index (χ1v) is 9.32. The van der Waals surface area contributed by atoms with Crippen LogP contribution in [-0.2, 0) is 6.54 Å². The second kappa shape index (κ2) is 8.69. The summed E-state index contributed by atoms with van der Waals surface area (Å²) in [5, 5.41) is 6.18. The van der Waals surface area contributed by atoms with Crippen LogP contribution in [0.15, 0.2) is 54.7 Å². The number of carbonyl (C=O) groups is 1. The molecule has 7 heteroatoms. The minimum Gasteiger partial charge on any atom is -0.494 e. The first-order valence-electron chi connectivity index (χ1n) is 8.13. The van der Waals surface area contributed by atoms with Gasteiger partial charge in [0, 0.05) is 28.5 Å². The van der Waals surface area contributed by atoms with Gasteiger partial charge < -0.3 is 15.4 Å². The largest absolute Gasteiger partial charge is 0.494 e. The van der Waals surface area contributed by atoms with Gasteiger partial charge in [-0.3, -0.25) is 4.79 Å². The van der Waals surface area contributed by atoms with Crippen molar-refractivity contribution in [2.24, 2.45) is 0 Å². The zero-order valence-corrected chi connectivity index (χ0v) is 15.7. The minimum absolute atomic E-state index is 0.191. The first-order chi connectivity index (χ1) is 12.7. The van der Waals surface area contributed by atoms with Crippen LogP contribution < -0.4 is 15.4 Å². The molecule has 0 saturated heterocycles. The van der Waals surface area contributed by atoms with Crippen molar-refractivity contribution < 1.29 is 9.53 Å². The smallest absolute Gasteiger partial charge is 0.257 e. The number of amides is 1. The number of ether oxygens (including phenoxy) is 1. The van der Waals surface area contributed by atoms with Gasteiger partial charge in [-0.1, -0.05) is 29.8 Å².